The third-order valence-corrected chi connectivity index (χ3v) is 4.34. The van der Waals surface area contributed by atoms with Gasteiger partial charge in [-0.25, -0.2) is 4.79 Å². The number of carbonyl (C=O) groups is 1. The predicted octanol–water partition coefficient (Wildman–Crippen LogP) is 3.41. The smallest absolute Gasteiger partial charge is 0.360 e. The van der Waals surface area contributed by atoms with Crippen LogP contribution in [0.4, 0.5) is 0 Å². The molecular formula is C14H20BrNO4. The quantitative estimate of drug-likeness (QED) is 0.618. The predicted molar refractivity (Wildman–Crippen MR) is 77.0 cm³/mol. The molecule has 1 aliphatic rings. The van der Waals surface area contributed by atoms with Gasteiger partial charge in [0.1, 0.15) is 6.10 Å². The zero-order valence-electron chi connectivity index (χ0n) is 12.2. The summed E-state index contributed by atoms with van der Waals surface area (Å²) in [5.41, 5.74) is 0.952. The Morgan fingerprint density at radius 2 is 2.25 bits per heavy atom. The fraction of sp³-hybridized carbons (Fsp3) is 0.714. The summed E-state index contributed by atoms with van der Waals surface area (Å²) in [5.74, 6) is 0.575. The van der Waals surface area contributed by atoms with Crippen LogP contribution in [0.1, 0.15) is 55.1 Å². The van der Waals surface area contributed by atoms with Crippen LogP contribution in [0.15, 0.2) is 4.52 Å². The zero-order valence-corrected chi connectivity index (χ0v) is 13.8. The lowest BCUT2D eigenvalue weighted by molar-refractivity contribution is 0.0512. The second-order valence-corrected chi connectivity index (χ2v) is 7.60. The topological polar surface area (TPSA) is 61.6 Å². The molecule has 5 nitrogen and oxygen atoms in total. The highest BCUT2D eigenvalue weighted by Crippen LogP contribution is 2.42. The first-order valence-corrected chi connectivity index (χ1v) is 7.57. The lowest BCUT2D eigenvalue weighted by Gasteiger charge is -2.22. The van der Waals surface area contributed by atoms with E-state index in [9.17, 15) is 4.79 Å². The van der Waals surface area contributed by atoms with Crippen molar-refractivity contribution in [1.29, 1.82) is 0 Å². The standard InChI is InChI=1S/C14H20BrNO4/c1-5-18-13(17)11-8(2)12(20-16-11)10-6-9(7-19-10)14(3,4)15/h9-10H,5-7H2,1-4H3/t9-,10+/m0/s1. The van der Waals surface area contributed by atoms with Crippen LogP contribution < -0.4 is 0 Å². The number of carbonyl (C=O) groups excluding carboxylic acids is 1. The molecule has 0 aromatic carbocycles. The van der Waals surface area contributed by atoms with Crippen LogP contribution >= 0.6 is 15.9 Å². The van der Waals surface area contributed by atoms with Gasteiger partial charge in [-0.1, -0.05) is 21.1 Å². The maximum absolute atomic E-state index is 11.7. The second kappa shape index (κ2) is 5.85. The van der Waals surface area contributed by atoms with E-state index in [1.165, 1.54) is 0 Å². The molecule has 0 saturated carbocycles. The van der Waals surface area contributed by atoms with Gasteiger partial charge in [0.05, 0.1) is 13.2 Å². The van der Waals surface area contributed by atoms with Gasteiger partial charge in [-0.3, -0.25) is 0 Å². The minimum atomic E-state index is -0.449. The van der Waals surface area contributed by atoms with E-state index in [0.717, 1.165) is 6.42 Å². The molecule has 2 heterocycles. The molecule has 0 aliphatic carbocycles. The van der Waals surface area contributed by atoms with Gasteiger partial charge < -0.3 is 14.0 Å². The number of aromatic nitrogens is 1. The molecule has 20 heavy (non-hydrogen) atoms. The Bertz CT molecular complexity index is 492. The first-order valence-electron chi connectivity index (χ1n) is 6.78. The molecule has 0 bridgehead atoms. The molecule has 0 radical (unpaired) electrons. The van der Waals surface area contributed by atoms with Gasteiger partial charge in [0.2, 0.25) is 0 Å². The number of ether oxygens (including phenoxy) is 2. The number of halogens is 1. The Morgan fingerprint density at radius 3 is 2.80 bits per heavy atom. The summed E-state index contributed by atoms with van der Waals surface area (Å²) in [5, 5.41) is 3.82. The van der Waals surface area contributed by atoms with E-state index in [2.05, 4.69) is 34.9 Å². The van der Waals surface area contributed by atoms with Gasteiger partial charge in [-0.05, 0) is 40.0 Å². The normalized spacial score (nSPS) is 23.1. The number of alkyl halides is 1. The fourth-order valence-corrected chi connectivity index (χ4v) is 2.65. The summed E-state index contributed by atoms with van der Waals surface area (Å²) in [7, 11) is 0. The minimum Gasteiger partial charge on any atom is -0.461 e. The highest BCUT2D eigenvalue weighted by atomic mass is 79.9. The summed E-state index contributed by atoms with van der Waals surface area (Å²) in [6.45, 7) is 8.81. The van der Waals surface area contributed by atoms with Crippen molar-refractivity contribution >= 4 is 21.9 Å². The van der Waals surface area contributed by atoms with Crippen molar-refractivity contribution in [2.45, 2.75) is 44.5 Å². The molecule has 1 aromatic heterocycles. The van der Waals surface area contributed by atoms with Gasteiger partial charge in [0.15, 0.2) is 11.5 Å². The molecule has 0 spiro atoms. The molecule has 0 unspecified atom stereocenters. The highest BCUT2D eigenvalue weighted by Gasteiger charge is 2.38. The molecule has 1 aromatic rings. The molecule has 2 atom stereocenters. The Balaban J connectivity index is 2.14. The molecule has 1 fully saturated rings. The number of hydrogen-bond donors (Lipinski definition) is 0. The Hall–Kier alpha value is -0.880. The Kier molecular flexibility index (Phi) is 4.54. The molecule has 0 N–H and O–H groups in total. The van der Waals surface area contributed by atoms with Gasteiger partial charge in [0, 0.05) is 9.89 Å². The summed E-state index contributed by atoms with van der Waals surface area (Å²) in [6.07, 6.45) is 0.698. The Labute approximate surface area is 127 Å². The van der Waals surface area contributed by atoms with E-state index in [1.54, 1.807) is 6.92 Å². The van der Waals surface area contributed by atoms with E-state index >= 15 is 0 Å². The van der Waals surface area contributed by atoms with Crippen LogP contribution in [-0.4, -0.2) is 28.7 Å². The van der Waals surface area contributed by atoms with Crippen LogP contribution in [0, 0.1) is 12.8 Å². The van der Waals surface area contributed by atoms with Crippen LogP contribution in [0.2, 0.25) is 0 Å². The van der Waals surface area contributed by atoms with Crippen LogP contribution in [0.3, 0.4) is 0 Å². The van der Waals surface area contributed by atoms with Crippen molar-refractivity contribution in [2.24, 2.45) is 5.92 Å². The Morgan fingerprint density at radius 1 is 1.55 bits per heavy atom. The molecule has 6 heteroatoms. The number of hydrogen-bond acceptors (Lipinski definition) is 5. The first-order chi connectivity index (χ1) is 9.34. The van der Waals surface area contributed by atoms with Crippen molar-refractivity contribution in [3.8, 4) is 0 Å². The second-order valence-electron chi connectivity index (χ2n) is 5.56. The lowest BCUT2D eigenvalue weighted by Crippen LogP contribution is -2.23. The van der Waals surface area contributed by atoms with Crippen molar-refractivity contribution < 1.29 is 18.8 Å². The van der Waals surface area contributed by atoms with E-state index in [1.807, 2.05) is 6.92 Å². The van der Waals surface area contributed by atoms with Crippen LogP contribution in [-0.2, 0) is 9.47 Å². The van der Waals surface area contributed by atoms with Crippen molar-refractivity contribution in [1.82, 2.24) is 5.16 Å². The highest BCUT2D eigenvalue weighted by molar-refractivity contribution is 9.10. The minimum absolute atomic E-state index is 0.0135. The summed E-state index contributed by atoms with van der Waals surface area (Å²) in [4.78, 5) is 11.7. The van der Waals surface area contributed by atoms with Crippen molar-refractivity contribution in [3.05, 3.63) is 17.0 Å². The third-order valence-electron chi connectivity index (χ3n) is 3.69. The van der Waals surface area contributed by atoms with E-state index in [-0.39, 0.29) is 16.1 Å². The van der Waals surface area contributed by atoms with E-state index < -0.39 is 5.97 Å². The molecule has 2 rings (SSSR count). The molecule has 0 amide bonds. The maximum atomic E-state index is 11.7. The fourth-order valence-electron chi connectivity index (χ4n) is 2.33. The van der Waals surface area contributed by atoms with Gasteiger partial charge in [0.25, 0.3) is 0 Å². The van der Waals surface area contributed by atoms with Gasteiger partial charge >= 0.3 is 5.97 Å². The van der Waals surface area contributed by atoms with Crippen LogP contribution in [0.5, 0.6) is 0 Å². The van der Waals surface area contributed by atoms with Crippen molar-refractivity contribution in [3.63, 3.8) is 0 Å². The van der Waals surface area contributed by atoms with E-state index in [0.29, 0.717) is 30.5 Å². The summed E-state index contributed by atoms with van der Waals surface area (Å²) in [6, 6.07) is 0. The number of esters is 1. The molecule has 112 valence electrons. The van der Waals surface area contributed by atoms with Gasteiger partial charge in [-0.2, -0.15) is 0 Å². The average Bonchev–Trinajstić information content (AvgIpc) is 2.94. The zero-order chi connectivity index (χ0) is 14.9. The molecule has 1 saturated heterocycles. The largest absolute Gasteiger partial charge is 0.461 e. The average molecular weight is 346 g/mol. The molecular weight excluding hydrogens is 326 g/mol. The number of nitrogens with zero attached hydrogens (tertiary/aromatic N) is 1. The lowest BCUT2D eigenvalue weighted by atomic mass is 9.92. The van der Waals surface area contributed by atoms with Gasteiger partial charge in [-0.15, -0.1) is 0 Å². The maximum Gasteiger partial charge on any atom is 0.360 e. The SMILES string of the molecule is CCOC(=O)c1noc([C@H]2C[C@H](C(C)(C)Br)CO2)c1C. The van der Waals surface area contributed by atoms with Crippen LogP contribution in [0.25, 0.3) is 0 Å². The summed E-state index contributed by atoms with van der Waals surface area (Å²) < 4.78 is 16.1. The summed E-state index contributed by atoms with van der Waals surface area (Å²) >= 11 is 3.67. The molecule has 1 aliphatic heterocycles. The van der Waals surface area contributed by atoms with Crippen molar-refractivity contribution in [2.75, 3.05) is 13.2 Å². The number of rotatable bonds is 4. The first kappa shape index (κ1) is 15.5. The van der Waals surface area contributed by atoms with E-state index in [4.69, 9.17) is 14.0 Å². The third kappa shape index (κ3) is 3.06. The monoisotopic (exact) mass is 345 g/mol.